The zero-order valence-corrected chi connectivity index (χ0v) is 11.7. The molecule has 3 N–H and O–H groups in total. The van der Waals surface area contributed by atoms with Gasteiger partial charge in [0.15, 0.2) is 0 Å². The lowest BCUT2D eigenvalue weighted by atomic mass is 10.0. The van der Waals surface area contributed by atoms with Gasteiger partial charge in [-0.2, -0.15) is 0 Å². The second-order valence-electron chi connectivity index (χ2n) is 4.62. The SMILES string of the molecule is CC(=O)N[C@@H](Cc1ccccc1F)C(=O)N[C@H](C)C(=O)O. The third-order valence-corrected chi connectivity index (χ3v) is 2.81. The van der Waals surface area contributed by atoms with Gasteiger partial charge in [0.05, 0.1) is 0 Å². The average Bonchev–Trinajstić information content (AvgIpc) is 2.39. The summed E-state index contributed by atoms with van der Waals surface area (Å²) in [7, 11) is 0. The molecule has 0 radical (unpaired) electrons. The number of carbonyl (C=O) groups is 3. The monoisotopic (exact) mass is 296 g/mol. The predicted octanol–water partition coefficient (Wildman–Crippen LogP) is 0.462. The van der Waals surface area contributed by atoms with Gasteiger partial charge in [-0.05, 0) is 18.6 Å². The fourth-order valence-electron chi connectivity index (χ4n) is 1.71. The van der Waals surface area contributed by atoms with E-state index in [1.54, 1.807) is 6.07 Å². The molecule has 0 heterocycles. The van der Waals surface area contributed by atoms with Crippen molar-refractivity contribution in [1.82, 2.24) is 10.6 Å². The molecule has 1 aromatic rings. The van der Waals surface area contributed by atoms with E-state index in [2.05, 4.69) is 10.6 Å². The zero-order chi connectivity index (χ0) is 16.0. The Morgan fingerprint density at radius 1 is 1.24 bits per heavy atom. The first-order valence-electron chi connectivity index (χ1n) is 6.35. The lowest BCUT2D eigenvalue weighted by Crippen LogP contribution is -2.51. The van der Waals surface area contributed by atoms with Crippen molar-refractivity contribution < 1.29 is 23.9 Å². The van der Waals surface area contributed by atoms with Gasteiger partial charge >= 0.3 is 5.97 Å². The number of amides is 2. The molecule has 0 aliphatic heterocycles. The molecule has 0 bridgehead atoms. The largest absolute Gasteiger partial charge is 0.480 e. The van der Waals surface area contributed by atoms with Crippen LogP contribution in [-0.4, -0.2) is 35.0 Å². The van der Waals surface area contributed by atoms with E-state index in [4.69, 9.17) is 5.11 Å². The predicted molar refractivity (Wildman–Crippen MR) is 72.9 cm³/mol. The Morgan fingerprint density at radius 3 is 2.38 bits per heavy atom. The molecule has 0 fully saturated rings. The van der Waals surface area contributed by atoms with Gasteiger partial charge < -0.3 is 15.7 Å². The number of hydrogen-bond acceptors (Lipinski definition) is 3. The highest BCUT2D eigenvalue weighted by Gasteiger charge is 2.24. The Bertz CT molecular complexity index is 548. The average molecular weight is 296 g/mol. The molecule has 2 amide bonds. The Labute approximate surface area is 121 Å². The van der Waals surface area contributed by atoms with E-state index < -0.39 is 35.7 Å². The molecule has 2 atom stereocenters. The van der Waals surface area contributed by atoms with E-state index in [1.165, 1.54) is 32.0 Å². The van der Waals surface area contributed by atoms with Crippen molar-refractivity contribution in [2.45, 2.75) is 32.4 Å². The molecule has 21 heavy (non-hydrogen) atoms. The minimum atomic E-state index is -1.20. The van der Waals surface area contributed by atoms with Crippen LogP contribution in [0.2, 0.25) is 0 Å². The normalized spacial score (nSPS) is 13.1. The molecule has 0 aromatic heterocycles. The van der Waals surface area contributed by atoms with E-state index in [0.29, 0.717) is 0 Å². The van der Waals surface area contributed by atoms with Crippen LogP contribution >= 0.6 is 0 Å². The van der Waals surface area contributed by atoms with Crippen molar-refractivity contribution in [2.24, 2.45) is 0 Å². The van der Waals surface area contributed by atoms with Gasteiger partial charge in [0.2, 0.25) is 11.8 Å². The number of aliphatic carboxylic acids is 1. The molecule has 0 spiro atoms. The molecule has 0 saturated heterocycles. The number of halogens is 1. The summed E-state index contributed by atoms with van der Waals surface area (Å²) in [6.45, 7) is 2.52. The van der Waals surface area contributed by atoms with Crippen molar-refractivity contribution in [1.29, 1.82) is 0 Å². The molecule has 6 nitrogen and oxygen atoms in total. The number of carboxylic acid groups (broad SMARTS) is 1. The molecule has 0 aliphatic carbocycles. The molecule has 0 saturated carbocycles. The van der Waals surface area contributed by atoms with E-state index in [1.807, 2.05) is 0 Å². The third kappa shape index (κ3) is 5.21. The first kappa shape index (κ1) is 16.6. The first-order valence-corrected chi connectivity index (χ1v) is 6.35. The molecular weight excluding hydrogens is 279 g/mol. The van der Waals surface area contributed by atoms with Crippen LogP contribution in [0.25, 0.3) is 0 Å². The highest BCUT2D eigenvalue weighted by atomic mass is 19.1. The number of carboxylic acids is 1. The van der Waals surface area contributed by atoms with Gasteiger partial charge in [0.1, 0.15) is 17.9 Å². The fraction of sp³-hybridized carbons (Fsp3) is 0.357. The van der Waals surface area contributed by atoms with Crippen LogP contribution < -0.4 is 10.6 Å². The van der Waals surface area contributed by atoms with E-state index in [0.717, 1.165) is 0 Å². The summed E-state index contributed by atoms with van der Waals surface area (Å²) in [5, 5.41) is 13.4. The summed E-state index contributed by atoms with van der Waals surface area (Å²) in [4.78, 5) is 33.9. The maximum absolute atomic E-state index is 13.6. The van der Waals surface area contributed by atoms with Crippen LogP contribution in [0, 0.1) is 5.82 Å². The number of benzene rings is 1. The van der Waals surface area contributed by atoms with Crippen molar-refractivity contribution in [3.63, 3.8) is 0 Å². The van der Waals surface area contributed by atoms with Crippen LogP contribution in [-0.2, 0) is 20.8 Å². The Kier molecular flexibility index (Phi) is 5.83. The van der Waals surface area contributed by atoms with Crippen LogP contribution in [0.1, 0.15) is 19.4 Å². The van der Waals surface area contributed by atoms with Crippen molar-refractivity contribution in [2.75, 3.05) is 0 Å². The number of hydrogen-bond donors (Lipinski definition) is 3. The Morgan fingerprint density at radius 2 is 1.86 bits per heavy atom. The summed E-state index contributed by atoms with van der Waals surface area (Å²) >= 11 is 0. The lowest BCUT2D eigenvalue weighted by Gasteiger charge is -2.19. The summed E-state index contributed by atoms with van der Waals surface area (Å²) < 4.78 is 13.6. The van der Waals surface area contributed by atoms with Gasteiger partial charge in [-0.1, -0.05) is 18.2 Å². The van der Waals surface area contributed by atoms with Crippen LogP contribution in [0.3, 0.4) is 0 Å². The summed E-state index contributed by atoms with van der Waals surface area (Å²) in [6, 6.07) is 3.73. The number of carbonyl (C=O) groups excluding carboxylic acids is 2. The van der Waals surface area contributed by atoms with Gasteiger partial charge in [0.25, 0.3) is 0 Å². The van der Waals surface area contributed by atoms with Gasteiger partial charge in [-0.3, -0.25) is 14.4 Å². The van der Waals surface area contributed by atoms with Crippen LogP contribution in [0.15, 0.2) is 24.3 Å². The smallest absolute Gasteiger partial charge is 0.325 e. The molecule has 114 valence electrons. The van der Waals surface area contributed by atoms with E-state index >= 15 is 0 Å². The van der Waals surface area contributed by atoms with Gasteiger partial charge in [-0.15, -0.1) is 0 Å². The fourth-order valence-corrected chi connectivity index (χ4v) is 1.71. The Hall–Kier alpha value is -2.44. The highest BCUT2D eigenvalue weighted by Crippen LogP contribution is 2.09. The van der Waals surface area contributed by atoms with Gasteiger partial charge in [-0.25, -0.2) is 4.39 Å². The highest BCUT2D eigenvalue weighted by molar-refractivity contribution is 5.90. The lowest BCUT2D eigenvalue weighted by molar-refractivity contribution is -0.141. The quantitative estimate of drug-likeness (QED) is 0.711. The number of rotatable bonds is 6. The van der Waals surface area contributed by atoms with Gasteiger partial charge in [0, 0.05) is 13.3 Å². The maximum Gasteiger partial charge on any atom is 0.325 e. The maximum atomic E-state index is 13.6. The molecule has 1 rings (SSSR count). The van der Waals surface area contributed by atoms with E-state index in [9.17, 15) is 18.8 Å². The molecule has 0 aliphatic rings. The minimum Gasteiger partial charge on any atom is -0.480 e. The second-order valence-corrected chi connectivity index (χ2v) is 4.62. The minimum absolute atomic E-state index is 0.0651. The van der Waals surface area contributed by atoms with Crippen molar-refractivity contribution >= 4 is 17.8 Å². The zero-order valence-electron chi connectivity index (χ0n) is 11.7. The summed E-state index contributed by atoms with van der Waals surface area (Å²) in [6.07, 6.45) is -0.0651. The third-order valence-electron chi connectivity index (χ3n) is 2.81. The van der Waals surface area contributed by atoms with E-state index in [-0.39, 0.29) is 12.0 Å². The summed E-state index contributed by atoms with van der Waals surface area (Å²) in [5.41, 5.74) is 0.259. The van der Waals surface area contributed by atoms with Crippen molar-refractivity contribution in [3.05, 3.63) is 35.6 Å². The topological polar surface area (TPSA) is 95.5 Å². The first-order chi connectivity index (χ1) is 9.81. The summed E-state index contributed by atoms with van der Waals surface area (Å²) in [5.74, 6) is -2.83. The molecule has 0 unspecified atom stereocenters. The molecule has 1 aromatic carbocycles. The van der Waals surface area contributed by atoms with Crippen molar-refractivity contribution in [3.8, 4) is 0 Å². The number of nitrogens with one attached hydrogen (secondary N) is 2. The molecule has 7 heteroatoms. The van der Waals surface area contributed by atoms with Crippen LogP contribution in [0.5, 0.6) is 0 Å². The molecular formula is C14H17FN2O4. The van der Waals surface area contributed by atoms with Crippen LogP contribution in [0.4, 0.5) is 4.39 Å². The standard InChI is InChI=1S/C14H17FN2O4/c1-8(14(20)21)16-13(19)12(17-9(2)18)7-10-5-3-4-6-11(10)15/h3-6,8,12H,7H2,1-2H3,(H,16,19)(H,17,18)(H,20,21)/t8-,12+/m1/s1. The Balaban J connectivity index is 2.85. The second kappa shape index (κ2) is 7.37.